The van der Waals surface area contributed by atoms with E-state index in [1.807, 2.05) is 6.07 Å². The Bertz CT molecular complexity index is 804. The molecule has 3 rings (SSSR count). The molecule has 25 heavy (non-hydrogen) atoms. The van der Waals surface area contributed by atoms with E-state index in [0.717, 1.165) is 25.2 Å². The molecule has 0 saturated carbocycles. The van der Waals surface area contributed by atoms with Gasteiger partial charge in [0.25, 0.3) is 0 Å². The number of hydrogen-bond acceptors (Lipinski definition) is 1. The van der Waals surface area contributed by atoms with Crippen molar-refractivity contribution in [3.63, 3.8) is 0 Å². The van der Waals surface area contributed by atoms with E-state index in [0.29, 0.717) is 0 Å². The summed E-state index contributed by atoms with van der Waals surface area (Å²) in [5.74, 6) is 0.971. The molecule has 1 heterocycles. The Kier molecular flexibility index (Phi) is 5.89. The molecule has 126 valence electrons. The van der Waals surface area contributed by atoms with Gasteiger partial charge in [0.1, 0.15) is 18.1 Å². The van der Waals surface area contributed by atoms with E-state index >= 15 is 0 Å². The zero-order chi connectivity index (χ0) is 17.5. The van der Waals surface area contributed by atoms with Crippen molar-refractivity contribution in [3.05, 3.63) is 84.7 Å². The molecule has 1 aromatic heterocycles. The highest BCUT2D eigenvalue weighted by atomic mass is 16.5. The molecule has 2 aromatic carbocycles. The smallest absolute Gasteiger partial charge is 0.494 e. The van der Waals surface area contributed by atoms with Crippen LogP contribution < -0.4 is 20.1 Å². The fraction of sp³-hybridized carbons (Fsp3) is 0.227. The van der Waals surface area contributed by atoms with Gasteiger partial charge in [0, 0.05) is 16.5 Å². The molecule has 0 unspecified atom stereocenters. The Morgan fingerprint density at radius 3 is 2.44 bits per heavy atom. The standard InChI is InChI=1S/C22H25BNO/c1-3-4-17-25-22-15-9-8-14-21(22)23(20-12-6-5-7-13-20)24-16-10-11-19(2)18-24/h5-16,18H,3-4,17H2,1-2H3/q+1. The molecular weight excluding hydrogens is 305 g/mol. The van der Waals surface area contributed by atoms with Gasteiger partial charge in [-0.2, -0.15) is 0 Å². The van der Waals surface area contributed by atoms with Gasteiger partial charge in [-0.25, -0.2) is 0 Å². The van der Waals surface area contributed by atoms with Gasteiger partial charge in [-0.3, -0.25) is 4.48 Å². The highest BCUT2D eigenvalue weighted by molar-refractivity contribution is 6.78. The van der Waals surface area contributed by atoms with E-state index in [1.165, 1.54) is 16.5 Å². The van der Waals surface area contributed by atoms with Crippen LogP contribution in [0.1, 0.15) is 25.3 Å². The topological polar surface area (TPSA) is 13.1 Å². The zero-order valence-corrected chi connectivity index (χ0v) is 15.1. The van der Waals surface area contributed by atoms with Crippen LogP contribution in [-0.2, 0) is 0 Å². The minimum absolute atomic E-state index is 0.0962. The second kappa shape index (κ2) is 8.52. The van der Waals surface area contributed by atoms with E-state index in [1.54, 1.807) is 0 Å². The molecule has 0 aliphatic rings. The lowest BCUT2D eigenvalue weighted by atomic mass is 9.50. The predicted molar refractivity (Wildman–Crippen MR) is 105 cm³/mol. The number of benzene rings is 2. The van der Waals surface area contributed by atoms with Gasteiger partial charge in [-0.1, -0.05) is 61.9 Å². The quantitative estimate of drug-likeness (QED) is 0.479. The second-order valence-electron chi connectivity index (χ2n) is 6.38. The molecule has 0 atom stereocenters. The summed E-state index contributed by atoms with van der Waals surface area (Å²) in [5.41, 5.74) is 3.69. The average molecular weight is 330 g/mol. The van der Waals surface area contributed by atoms with Crippen molar-refractivity contribution in [1.82, 2.24) is 0 Å². The predicted octanol–water partition coefficient (Wildman–Crippen LogP) is 3.12. The summed E-state index contributed by atoms with van der Waals surface area (Å²) in [6.07, 6.45) is 6.53. The first-order valence-electron chi connectivity index (χ1n) is 9.03. The molecule has 0 fully saturated rings. The van der Waals surface area contributed by atoms with Crippen LogP contribution in [0, 0.1) is 6.92 Å². The third-order valence-corrected chi connectivity index (χ3v) is 4.35. The van der Waals surface area contributed by atoms with Crippen molar-refractivity contribution >= 4 is 17.8 Å². The van der Waals surface area contributed by atoms with E-state index in [2.05, 4.69) is 91.4 Å². The summed E-state index contributed by atoms with van der Waals surface area (Å²) >= 11 is 0. The van der Waals surface area contributed by atoms with E-state index in [9.17, 15) is 0 Å². The lowest BCUT2D eigenvalue weighted by Gasteiger charge is -2.14. The highest BCUT2D eigenvalue weighted by Gasteiger charge is 2.36. The average Bonchev–Trinajstić information content (AvgIpc) is 2.64. The molecule has 0 N–H and O–H groups in total. The third kappa shape index (κ3) is 4.30. The molecule has 3 aromatic rings. The molecule has 0 spiro atoms. The maximum absolute atomic E-state index is 6.12. The number of aryl methyl sites for hydroxylation is 1. The van der Waals surface area contributed by atoms with Crippen LogP contribution >= 0.6 is 0 Å². The van der Waals surface area contributed by atoms with Gasteiger partial charge in [0.2, 0.25) is 0 Å². The SMILES string of the molecule is CCCCOc1ccccc1B(c1ccccc1)[n+]1cccc(C)c1. The highest BCUT2D eigenvalue weighted by Crippen LogP contribution is 2.09. The normalized spacial score (nSPS) is 10.5. The van der Waals surface area contributed by atoms with Gasteiger partial charge in [-0.05, 0) is 31.5 Å². The Hall–Kier alpha value is -2.55. The number of aromatic nitrogens is 1. The monoisotopic (exact) mass is 330 g/mol. The van der Waals surface area contributed by atoms with Crippen molar-refractivity contribution in [2.45, 2.75) is 26.7 Å². The van der Waals surface area contributed by atoms with Gasteiger partial charge >= 0.3 is 6.85 Å². The Balaban J connectivity index is 2.07. The van der Waals surface area contributed by atoms with E-state index in [4.69, 9.17) is 4.74 Å². The number of hydrogen-bond donors (Lipinski definition) is 0. The van der Waals surface area contributed by atoms with Crippen molar-refractivity contribution in [3.8, 4) is 5.75 Å². The maximum Gasteiger partial charge on any atom is 0.562 e. The van der Waals surface area contributed by atoms with Crippen LogP contribution in [0.2, 0.25) is 0 Å². The number of pyridine rings is 1. The fourth-order valence-corrected chi connectivity index (χ4v) is 3.09. The summed E-state index contributed by atoms with van der Waals surface area (Å²) in [6.45, 7) is 5.17. The van der Waals surface area contributed by atoms with Gasteiger partial charge in [0.15, 0.2) is 0 Å². The third-order valence-electron chi connectivity index (χ3n) is 4.35. The van der Waals surface area contributed by atoms with Crippen LogP contribution in [0.15, 0.2) is 79.1 Å². The number of para-hydroxylation sites is 1. The molecule has 0 aliphatic carbocycles. The van der Waals surface area contributed by atoms with Crippen LogP contribution in [0.3, 0.4) is 0 Å². The minimum Gasteiger partial charge on any atom is -0.494 e. The summed E-state index contributed by atoms with van der Waals surface area (Å²) in [7, 11) is 0. The first kappa shape index (κ1) is 17.3. The summed E-state index contributed by atoms with van der Waals surface area (Å²) < 4.78 is 8.39. The molecular formula is C22H25BNO+. The second-order valence-corrected chi connectivity index (χ2v) is 6.38. The van der Waals surface area contributed by atoms with Crippen molar-refractivity contribution < 1.29 is 9.21 Å². The van der Waals surface area contributed by atoms with Gasteiger partial charge < -0.3 is 4.74 Å². The Labute approximate surface area is 151 Å². The largest absolute Gasteiger partial charge is 0.562 e. The molecule has 0 bridgehead atoms. The van der Waals surface area contributed by atoms with Crippen LogP contribution in [0.5, 0.6) is 5.75 Å². The Morgan fingerprint density at radius 2 is 1.68 bits per heavy atom. The molecule has 0 amide bonds. The number of rotatable bonds is 7. The first-order valence-corrected chi connectivity index (χ1v) is 9.03. The lowest BCUT2D eigenvalue weighted by molar-refractivity contribution is -0.533. The van der Waals surface area contributed by atoms with Crippen molar-refractivity contribution in [2.24, 2.45) is 0 Å². The molecule has 0 radical (unpaired) electrons. The number of nitrogens with zero attached hydrogens (tertiary/aromatic N) is 1. The minimum atomic E-state index is 0.0962. The summed E-state index contributed by atoms with van der Waals surface area (Å²) in [5, 5.41) is 0. The lowest BCUT2D eigenvalue weighted by Crippen LogP contribution is -2.65. The summed E-state index contributed by atoms with van der Waals surface area (Å²) in [4.78, 5) is 0. The van der Waals surface area contributed by atoms with E-state index < -0.39 is 0 Å². The van der Waals surface area contributed by atoms with Crippen molar-refractivity contribution in [1.29, 1.82) is 0 Å². The Morgan fingerprint density at radius 1 is 0.920 bits per heavy atom. The fourth-order valence-electron chi connectivity index (χ4n) is 3.09. The van der Waals surface area contributed by atoms with Gasteiger partial charge in [-0.15, -0.1) is 0 Å². The van der Waals surface area contributed by atoms with Crippen LogP contribution in [0.25, 0.3) is 0 Å². The van der Waals surface area contributed by atoms with Crippen LogP contribution in [0.4, 0.5) is 0 Å². The molecule has 3 heteroatoms. The van der Waals surface area contributed by atoms with E-state index in [-0.39, 0.29) is 6.85 Å². The zero-order valence-electron chi connectivity index (χ0n) is 15.1. The molecule has 0 saturated heterocycles. The molecule has 2 nitrogen and oxygen atoms in total. The number of ether oxygens (including phenoxy) is 1. The molecule has 0 aliphatic heterocycles. The summed E-state index contributed by atoms with van der Waals surface area (Å²) in [6, 6.07) is 23.2. The van der Waals surface area contributed by atoms with Gasteiger partial charge in [0.05, 0.1) is 6.61 Å². The maximum atomic E-state index is 6.12. The number of unbranched alkanes of at least 4 members (excludes halogenated alkanes) is 1. The van der Waals surface area contributed by atoms with Crippen LogP contribution in [-0.4, -0.2) is 13.5 Å². The van der Waals surface area contributed by atoms with Crippen molar-refractivity contribution in [2.75, 3.05) is 6.61 Å². The first-order chi connectivity index (χ1) is 12.3.